The number of hydrogen-bond donors (Lipinski definition) is 1. The molecule has 0 aliphatic carbocycles. The Morgan fingerprint density at radius 3 is 2.32 bits per heavy atom. The summed E-state index contributed by atoms with van der Waals surface area (Å²) in [6.07, 6.45) is 0. The number of methoxy groups -OCH3 is 2. The molecule has 31 heavy (non-hydrogen) atoms. The third kappa shape index (κ3) is 4.11. The first kappa shape index (κ1) is 22.7. The number of nitrogens with zero attached hydrogens (tertiary/aromatic N) is 2. The Morgan fingerprint density at radius 2 is 1.77 bits per heavy atom. The molecule has 0 saturated carbocycles. The highest BCUT2D eigenvalue weighted by Gasteiger charge is 2.43. The highest BCUT2D eigenvalue weighted by molar-refractivity contribution is 14.1. The van der Waals surface area contributed by atoms with E-state index in [1.165, 1.54) is 19.1 Å². The first-order chi connectivity index (χ1) is 14.8. The Balaban J connectivity index is 2.43. The second-order valence-corrected chi connectivity index (χ2v) is 8.03. The van der Waals surface area contributed by atoms with Crippen molar-refractivity contribution in [2.45, 2.75) is 5.92 Å². The minimum Gasteiger partial charge on any atom is -0.466 e. The SMILES string of the molecule is COC(=O)C1=C(C(=O)OC)N(c2ccc(Cl)cc2I)C(N)=C(C#N)C1c1ccccc1. The molecule has 9 heteroatoms. The lowest BCUT2D eigenvalue weighted by Crippen LogP contribution is -2.41. The van der Waals surface area contributed by atoms with Gasteiger partial charge in [-0.3, -0.25) is 4.90 Å². The molecule has 0 saturated heterocycles. The van der Waals surface area contributed by atoms with Crippen molar-refractivity contribution in [3.63, 3.8) is 0 Å². The van der Waals surface area contributed by atoms with Crippen LogP contribution >= 0.6 is 34.2 Å². The number of allylic oxidation sites excluding steroid dienone is 1. The Bertz CT molecular complexity index is 1160. The van der Waals surface area contributed by atoms with Crippen LogP contribution < -0.4 is 10.6 Å². The van der Waals surface area contributed by atoms with Crippen molar-refractivity contribution >= 4 is 51.8 Å². The Kier molecular flexibility index (Phi) is 6.87. The summed E-state index contributed by atoms with van der Waals surface area (Å²) >= 11 is 8.12. The van der Waals surface area contributed by atoms with Crippen molar-refractivity contribution < 1.29 is 19.1 Å². The van der Waals surface area contributed by atoms with E-state index in [-0.39, 0.29) is 22.7 Å². The second-order valence-electron chi connectivity index (χ2n) is 6.43. The van der Waals surface area contributed by atoms with Crippen molar-refractivity contribution in [3.05, 3.63) is 85.4 Å². The fourth-order valence-corrected chi connectivity index (χ4v) is 4.54. The maximum Gasteiger partial charge on any atom is 0.355 e. The van der Waals surface area contributed by atoms with E-state index in [1.807, 2.05) is 22.6 Å². The monoisotopic (exact) mass is 549 g/mol. The zero-order valence-electron chi connectivity index (χ0n) is 16.6. The molecule has 0 radical (unpaired) electrons. The van der Waals surface area contributed by atoms with Gasteiger partial charge in [0.1, 0.15) is 11.5 Å². The maximum absolute atomic E-state index is 13.0. The van der Waals surface area contributed by atoms with Gasteiger partial charge in [-0.25, -0.2) is 9.59 Å². The molecule has 2 N–H and O–H groups in total. The fraction of sp³-hybridized carbons (Fsp3) is 0.136. The average molecular weight is 550 g/mol. The molecular weight excluding hydrogens is 533 g/mol. The molecule has 7 nitrogen and oxygen atoms in total. The highest BCUT2D eigenvalue weighted by atomic mass is 127. The molecule has 1 unspecified atom stereocenters. The number of benzene rings is 2. The molecule has 0 spiro atoms. The van der Waals surface area contributed by atoms with Gasteiger partial charge < -0.3 is 15.2 Å². The van der Waals surface area contributed by atoms with Gasteiger partial charge in [-0.2, -0.15) is 5.26 Å². The minimum atomic E-state index is -0.908. The van der Waals surface area contributed by atoms with Gasteiger partial charge in [0.05, 0.1) is 43.0 Å². The molecule has 0 fully saturated rings. The van der Waals surface area contributed by atoms with Gasteiger partial charge in [-0.1, -0.05) is 41.9 Å². The van der Waals surface area contributed by atoms with E-state index in [4.69, 9.17) is 26.8 Å². The first-order valence-corrected chi connectivity index (χ1v) is 10.4. The number of ether oxygens (including phenoxy) is 2. The van der Waals surface area contributed by atoms with Gasteiger partial charge in [0.15, 0.2) is 0 Å². The molecule has 0 bridgehead atoms. The van der Waals surface area contributed by atoms with E-state index in [0.717, 1.165) is 0 Å². The molecular formula is C22H17ClIN3O4. The smallest absolute Gasteiger partial charge is 0.355 e. The van der Waals surface area contributed by atoms with Gasteiger partial charge >= 0.3 is 11.9 Å². The van der Waals surface area contributed by atoms with E-state index < -0.39 is 17.9 Å². The van der Waals surface area contributed by atoms with Crippen LogP contribution in [0.1, 0.15) is 11.5 Å². The lowest BCUT2D eigenvalue weighted by molar-refractivity contribution is -0.139. The van der Waals surface area contributed by atoms with E-state index in [9.17, 15) is 14.9 Å². The van der Waals surface area contributed by atoms with Crippen LogP contribution in [0.15, 0.2) is 71.2 Å². The summed E-state index contributed by atoms with van der Waals surface area (Å²) in [4.78, 5) is 27.3. The topological polar surface area (TPSA) is 106 Å². The lowest BCUT2D eigenvalue weighted by atomic mass is 9.81. The number of carbonyl (C=O) groups excluding carboxylic acids is 2. The summed E-state index contributed by atoms with van der Waals surface area (Å²) in [5.74, 6) is -2.48. The zero-order valence-corrected chi connectivity index (χ0v) is 19.5. The summed E-state index contributed by atoms with van der Waals surface area (Å²) in [6.45, 7) is 0. The molecule has 1 heterocycles. The molecule has 0 aromatic heterocycles. The first-order valence-electron chi connectivity index (χ1n) is 8.96. The predicted octanol–water partition coefficient (Wildman–Crippen LogP) is 3.84. The number of anilines is 1. The molecule has 1 atom stereocenters. The number of rotatable bonds is 4. The van der Waals surface area contributed by atoms with Crippen molar-refractivity contribution in [2.75, 3.05) is 19.1 Å². The van der Waals surface area contributed by atoms with Crippen LogP contribution in [0, 0.1) is 14.9 Å². The normalized spacial score (nSPS) is 16.1. The molecule has 1 aliphatic rings. The summed E-state index contributed by atoms with van der Waals surface area (Å²) in [7, 11) is 2.41. The second kappa shape index (κ2) is 9.41. The number of nitrogens with two attached hydrogens (primary N) is 1. The van der Waals surface area contributed by atoms with Crippen molar-refractivity contribution in [3.8, 4) is 6.07 Å². The number of halogens is 2. The third-order valence-electron chi connectivity index (χ3n) is 4.76. The van der Waals surface area contributed by atoms with Crippen LogP contribution in [-0.2, 0) is 19.1 Å². The van der Waals surface area contributed by atoms with Gasteiger partial charge in [-0.05, 0) is 46.4 Å². The largest absolute Gasteiger partial charge is 0.466 e. The van der Waals surface area contributed by atoms with Crippen LogP contribution in [0.2, 0.25) is 5.02 Å². The van der Waals surface area contributed by atoms with Crippen LogP contribution in [-0.4, -0.2) is 26.2 Å². The molecule has 1 aliphatic heterocycles. The molecule has 0 amide bonds. The van der Waals surface area contributed by atoms with Gasteiger partial charge in [0, 0.05) is 8.59 Å². The lowest BCUT2D eigenvalue weighted by Gasteiger charge is -2.36. The predicted molar refractivity (Wildman–Crippen MR) is 124 cm³/mol. The van der Waals surface area contributed by atoms with E-state index >= 15 is 0 Å². The summed E-state index contributed by atoms with van der Waals surface area (Å²) in [5, 5.41) is 10.5. The standard InChI is InChI=1S/C22H17ClIN3O4/c1-30-21(28)18-17(12-6-4-3-5-7-12)14(11-25)20(26)27(19(18)22(29)31-2)16-9-8-13(23)10-15(16)24/h3-10,17H,26H2,1-2H3. The van der Waals surface area contributed by atoms with Crippen molar-refractivity contribution in [2.24, 2.45) is 5.73 Å². The molecule has 158 valence electrons. The minimum absolute atomic E-state index is 0.00430. The Labute approximate surface area is 197 Å². The highest BCUT2D eigenvalue weighted by Crippen LogP contribution is 2.44. The van der Waals surface area contributed by atoms with Crippen molar-refractivity contribution in [1.82, 2.24) is 0 Å². The number of hydrogen-bond acceptors (Lipinski definition) is 7. The van der Waals surface area contributed by atoms with Crippen LogP contribution in [0.25, 0.3) is 0 Å². The maximum atomic E-state index is 13.0. The number of carbonyl (C=O) groups is 2. The van der Waals surface area contributed by atoms with E-state index in [1.54, 1.807) is 48.5 Å². The quantitative estimate of drug-likeness (QED) is 0.456. The van der Waals surface area contributed by atoms with Gasteiger partial charge in [0.25, 0.3) is 0 Å². The molecule has 2 aromatic rings. The van der Waals surface area contributed by atoms with Crippen molar-refractivity contribution in [1.29, 1.82) is 5.26 Å². The third-order valence-corrected chi connectivity index (χ3v) is 5.86. The van der Waals surface area contributed by atoms with Crippen LogP contribution in [0.4, 0.5) is 5.69 Å². The Hall–Kier alpha value is -3.03. The van der Waals surface area contributed by atoms with Gasteiger partial charge in [-0.15, -0.1) is 0 Å². The Morgan fingerprint density at radius 1 is 1.13 bits per heavy atom. The average Bonchev–Trinajstić information content (AvgIpc) is 2.78. The number of nitriles is 1. The van der Waals surface area contributed by atoms with Gasteiger partial charge in [0.2, 0.25) is 0 Å². The molecule has 3 rings (SSSR count). The summed E-state index contributed by atoms with van der Waals surface area (Å²) < 4.78 is 10.6. The van der Waals surface area contributed by atoms with Crippen LogP contribution in [0.5, 0.6) is 0 Å². The molecule has 2 aromatic carbocycles. The zero-order chi connectivity index (χ0) is 22.7. The summed E-state index contributed by atoms with van der Waals surface area (Å²) in [6, 6.07) is 15.9. The fourth-order valence-electron chi connectivity index (χ4n) is 3.43. The van der Waals surface area contributed by atoms with E-state index in [0.29, 0.717) is 19.8 Å². The van der Waals surface area contributed by atoms with E-state index in [2.05, 4.69) is 6.07 Å². The number of esters is 2. The van der Waals surface area contributed by atoms with Crippen LogP contribution in [0.3, 0.4) is 0 Å². The summed E-state index contributed by atoms with van der Waals surface area (Å²) in [5.41, 5.74) is 7.44.